The topological polar surface area (TPSA) is 51.7 Å². The lowest BCUT2D eigenvalue weighted by Gasteiger charge is -2.56. The molecule has 0 unspecified atom stereocenters. The number of amides is 1. The molecule has 7 heteroatoms. The maximum Gasteiger partial charge on any atom is 0.258 e. The second-order valence-corrected chi connectivity index (χ2v) is 22.0. The predicted molar refractivity (Wildman–Crippen MR) is 201 cm³/mol. The van der Waals surface area contributed by atoms with E-state index in [1.165, 1.54) is 11.1 Å². The molecule has 0 atom stereocenters. The Morgan fingerprint density at radius 3 is 2.27 bits per heavy atom. The fourth-order valence-electron chi connectivity index (χ4n) is 8.29. The van der Waals surface area contributed by atoms with E-state index in [4.69, 9.17) is 9.16 Å². The number of thiazole rings is 1. The van der Waals surface area contributed by atoms with Crippen molar-refractivity contribution in [3.8, 4) is 17.6 Å². The second-order valence-electron chi connectivity index (χ2n) is 16.4. The van der Waals surface area contributed by atoms with Crippen molar-refractivity contribution in [2.24, 2.45) is 5.41 Å². The molecule has 0 saturated heterocycles. The Hall–Kier alpha value is -2.92. The van der Waals surface area contributed by atoms with Crippen LogP contribution in [0.25, 0.3) is 0 Å². The maximum atomic E-state index is 15.4. The summed E-state index contributed by atoms with van der Waals surface area (Å²) >= 11 is 1.55. The van der Waals surface area contributed by atoms with Gasteiger partial charge in [0.1, 0.15) is 11.4 Å². The van der Waals surface area contributed by atoms with Gasteiger partial charge in [-0.25, -0.2) is 4.98 Å². The largest absolute Gasteiger partial charge is 0.496 e. The van der Waals surface area contributed by atoms with Gasteiger partial charge in [0, 0.05) is 29.4 Å². The van der Waals surface area contributed by atoms with Crippen LogP contribution in [-0.4, -0.2) is 38.5 Å². The first-order valence-corrected chi connectivity index (χ1v) is 21.8. The SMILES string of the molecule is COc1ccc(C23CCC(CN(C(=O)C4(O[Si](C)(C)C(C)(C)C)CCCCC4)c4cccc(C#Cc5nccs5)c4)(CC2)CC3)cc1C. The van der Waals surface area contributed by atoms with Crippen LogP contribution in [0.5, 0.6) is 5.75 Å². The number of hydrogen-bond acceptors (Lipinski definition) is 5. The van der Waals surface area contributed by atoms with Gasteiger partial charge in [0.05, 0.1) is 7.11 Å². The molecule has 4 fully saturated rings. The Labute approximate surface area is 294 Å². The molecule has 1 heterocycles. The summed E-state index contributed by atoms with van der Waals surface area (Å²) in [6.07, 6.45) is 13.5. The molecular formula is C41H54N2O3SSi. The standard InChI is InChI=1S/C41H54N2O3SSi/c1-31-28-33(15-16-35(31)45-5)40-23-20-39(21-24-40,22-25-40)30-43(34-13-11-12-32(29-34)14-17-36-42-26-27-47-36)37(44)41(18-9-8-10-19-41)46-48(6,7)38(2,3)4/h11-13,15-16,26-29H,8-10,18-25,30H2,1-7H3. The second kappa shape index (κ2) is 13.4. The third-order valence-electron chi connectivity index (χ3n) is 12.4. The molecule has 0 aliphatic heterocycles. The van der Waals surface area contributed by atoms with Crippen LogP contribution in [0.4, 0.5) is 5.69 Å². The molecule has 0 radical (unpaired) electrons. The fourth-order valence-corrected chi connectivity index (χ4v) is 10.3. The molecule has 4 saturated carbocycles. The van der Waals surface area contributed by atoms with E-state index in [-0.39, 0.29) is 21.8 Å². The number of anilines is 1. The highest BCUT2D eigenvalue weighted by Gasteiger charge is 2.54. The minimum Gasteiger partial charge on any atom is -0.496 e. The van der Waals surface area contributed by atoms with Gasteiger partial charge in [-0.05, 0) is 129 Å². The Morgan fingerprint density at radius 2 is 1.67 bits per heavy atom. The van der Waals surface area contributed by atoms with E-state index in [0.717, 1.165) is 99.2 Å². The number of fused-ring (bicyclic) bond motifs is 3. The van der Waals surface area contributed by atoms with E-state index < -0.39 is 13.9 Å². The summed E-state index contributed by atoms with van der Waals surface area (Å²) in [5, 5.41) is 2.77. The summed E-state index contributed by atoms with van der Waals surface area (Å²) in [4.78, 5) is 21.9. The molecule has 1 aromatic heterocycles. The summed E-state index contributed by atoms with van der Waals surface area (Å²) in [5.74, 6) is 7.67. The summed E-state index contributed by atoms with van der Waals surface area (Å²) in [6.45, 7) is 14.3. The molecule has 0 spiro atoms. The third-order valence-corrected chi connectivity index (χ3v) is 17.6. The molecule has 4 aliphatic rings. The number of aryl methyl sites for hydroxylation is 1. The summed E-state index contributed by atoms with van der Waals surface area (Å²) in [6, 6.07) is 15.1. The smallest absolute Gasteiger partial charge is 0.258 e. The van der Waals surface area contributed by atoms with Gasteiger partial charge in [0.2, 0.25) is 0 Å². The average Bonchev–Trinajstić information content (AvgIpc) is 3.61. The van der Waals surface area contributed by atoms with Gasteiger partial charge in [-0.15, -0.1) is 11.3 Å². The third kappa shape index (κ3) is 6.91. The van der Waals surface area contributed by atoms with Crippen molar-refractivity contribution in [2.45, 2.75) is 127 Å². The van der Waals surface area contributed by atoms with Gasteiger partial charge in [-0.2, -0.15) is 0 Å². The monoisotopic (exact) mass is 682 g/mol. The molecule has 48 heavy (non-hydrogen) atoms. The lowest BCUT2D eigenvalue weighted by molar-refractivity contribution is -0.139. The molecule has 0 N–H and O–H groups in total. The number of hydrogen-bond donors (Lipinski definition) is 0. The highest BCUT2D eigenvalue weighted by molar-refractivity contribution is 7.10. The fraction of sp³-hybridized carbons (Fsp3) is 0.561. The van der Waals surface area contributed by atoms with E-state index in [9.17, 15) is 0 Å². The number of carbonyl (C=O) groups is 1. The lowest BCUT2D eigenvalue weighted by atomic mass is 9.51. The highest BCUT2D eigenvalue weighted by atomic mass is 32.1. The van der Waals surface area contributed by atoms with Crippen molar-refractivity contribution in [2.75, 3.05) is 18.6 Å². The van der Waals surface area contributed by atoms with Crippen molar-refractivity contribution in [1.29, 1.82) is 0 Å². The zero-order valence-electron chi connectivity index (χ0n) is 30.2. The number of aromatic nitrogens is 1. The zero-order valence-corrected chi connectivity index (χ0v) is 32.0. The van der Waals surface area contributed by atoms with E-state index in [1.807, 2.05) is 11.4 Å². The molecule has 2 aromatic carbocycles. The van der Waals surface area contributed by atoms with Crippen LogP contribution in [0, 0.1) is 24.2 Å². The molecule has 2 bridgehead atoms. The molecule has 1 amide bonds. The number of carbonyl (C=O) groups excluding carboxylic acids is 1. The minimum absolute atomic E-state index is 0.0163. The summed E-state index contributed by atoms with van der Waals surface area (Å²) < 4.78 is 12.9. The Kier molecular flexibility index (Phi) is 9.76. The average molecular weight is 683 g/mol. The Balaban J connectivity index is 1.34. The van der Waals surface area contributed by atoms with Crippen LogP contribution >= 0.6 is 11.3 Å². The van der Waals surface area contributed by atoms with Gasteiger partial charge >= 0.3 is 0 Å². The number of ether oxygens (including phenoxy) is 1. The summed E-state index contributed by atoms with van der Waals surface area (Å²) in [7, 11) is -0.493. The van der Waals surface area contributed by atoms with Crippen LogP contribution in [0.15, 0.2) is 54.0 Å². The molecule has 7 rings (SSSR count). The quantitative estimate of drug-likeness (QED) is 0.175. The van der Waals surface area contributed by atoms with Crippen LogP contribution in [0.2, 0.25) is 18.1 Å². The van der Waals surface area contributed by atoms with E-state index >= 15 is 4.79 Å². The van der Waals surface area contributed by atoms with Gasteiger partial charge in [-0.3, -0.25) is 4.79 Å². The molecule has 256 valence electrons. The van der Waals surface area contributed by atoms with Crippen molar-refractivity contribution in [3.05, 3.63) is 75.7 Å². The van der Waals surface area contributed by atoms with Crippen LogP contribution in [0.3, 0.4) is 0 Å². The van der Waals surface area contributed by atoms with Crippen molar-refractivity contribution >= 4 is 31.2 Å². The Bertz CT molecular complexity index is 1650. The number of rotatable bonds is 8. The maximum absolute atomic E-state index is 15.4. The molecule has 5 nitrogen and oxygen atoms in total. The van der Waals surface area contributed by atoms with Crippen LogP contribution in [-0.2, 0) is 14.6 Å². The van der Waals surface area contributed by atoms with E-state index in [1.54, 1.807) is 24.6 Å². The van der Waals surface area contributed by atoms with Gasteiger partial charge in [-0.1, -0.05) is 64.2 Å². The minimum atomic E-state index is -2.24. The van der Waals surface area contributed by atoms with Gasteiger partial charge in [0.25, 0.3) is 5.91 Å². The lowest BCUT2D eigenvalue weighted by Crippen LogP contribution is -2.60. The van der Waals surface area contributed by atoms with E-state index in [2.05, 4.69) is 98.9 Å². The first-order chi connectivity index (χ1) is 22.8. The predicted octanol–water partition coefficient (Wildman–Crippen LogP) is 10.2. The number of benzene rings is 2. The van der Waals surface area contributed by atoms with Gasteiger partial charge in [0.15, 0.2) is 13.3 Å². The number of methoxy groups -OCH3 is 1. The number of nitrogens with zero attached hydrogens (tertiary/aromatic N) is 2. The molecular weight excluding hydrogens is 629 g/mol. The molecule has 4 aliphatic carbocycles. The summed E-state index contributed by atoms with van der Waals surface area (Å²) in [5.41, 5.74) is 4.04. The van der Waals surface area contributed by atoms with E-state index in [0.29, 0.717) is 0 Å². The highest BCUT2D eigenvalue weighted by Crippen LogP contribution is 2.58. The zero-order chi connectivity index (χ0) is 34.2. The van der Waals surface area contributed by atoms with Crippen molar-refractivity contribution < 1.29 is 14.0 Å². The van der Waals surface area contributed by atoms with Crippen LogP contribution in [0.1, 0.15) is 113 Å². The van der Waals surface area contributed by atoms with Gasteiger partial charge < -0.3 is 14.1 Å². The van der Waals surface area contributed by atoms with Crippen molar-refractivity contribution in [1.82, 2.24) is 4.98 Å². The molecule has 3 aromatic rings. The van der Waals surface area contributed by atoms with Crippen LogP contribution < -0.4 is 9.64 Å². The van der Waals surface area contributed by atoms with Crippen molar-refractivity contribution in [3.63, 3.8) is 0 Å². The normalized spacial score (nSPS) is 23.6. The Morgan fingerprint density at radius 1 is 0.958 bits per heavy atom. The first kappa shape index (κ1) is 34.9. The first-order valence-electron chi connectivity index (χ1n) is 18.0.